The highest BCUT2D eigenvalue weighted by Crippen LogP contribution is 2.24. The van der Waals surface area contributed by atoms with Crippen LogP contribution in [0.3, 0.4) is 0 Å². The Balaban J connectivity index is 1.90. The van der Waals surface area contributed by atoms with E-state index in [-0.39, 0.29) is 5.91 Å². The maximum Gasteiger partial charge on any atom is 0.261 e. The van der Waals surface area contributed by atoms with Gasteiger partial charge in [0, 0.05) is 6.20 Å². The van der Waals surface area contributed by atoms with Crippen LogP contribution in [-0.4, -0.2) is 26.2 Å². The van der Waals surface area contributed by atoms with Crippen molar-refractivity contribution in [2.75, 3.05) is 5.32 Å². The van der Waals surface area contributed by atoms with Crippen LogP contribution >= 0.6 is 0 Å². The summed E-state index contributed by atoms with van der Waals surface area (Å²) in [6.07, 6.45) is 3.22. The molecule has 0 fully saturated rings. The predicted octanol–water partition coefficient (Wildman–Crippen LogP) is 2.33. The van der Waals surface area contributed by atoms with Crippen molar-refractivity contribution < 1.29 is 9.32 Å². The largest absolute Gasteiger partial charge is 0.361 e. The lowest BCUT2D eigenvalue weighted by atomic mass is 10.2. The second kappa shape index (κ2) is 5.20. The van der Waals surface area contributed by atoms with Gasteiger partial charge >= 0.3 is 0 Å². The lowest BCUT2D eigenvalue weighted by Gasteiger charge is -2.05. The van der Waals surface area contributed by atoms with E-state index < -0.39 is 0 Å². The molecule has 3 rings (SSSR count). The molecule has 3 aromatic heterocycles. The van der Waals surface area contributed by atoms with E-state index in [4.69, 9.17) is 4.52 Å². The third kappa shape index (κ3) is 2.40. The normalized spacial score (nSPS) is 10.6. The summed E-state index contributed by atoms with van der Waals surface area (Å²) >= 11 is 0. The summed E-state index contributed by atoms with van der Waals surface area (Å²) in [4.78, 5) is 16.6. The summed E-state index contributed by atoms with van der Waals surface area (Å²) in [5, 5.41) is 13.4. The Kier molecular flexibility index (Phi) is 3.23. The van der Waals surface area contributed by atoms with Crippen molar-refractivity contribution in [3.8, 4) is 11.4 Å². The number of hydrogen-bond donors (Lipinski definition) is 2. The molecular formula is C14H13N5O2. The van der Waals surface area contributed by atoms with Crippen LogP contribution < -0.4 is 5.32 Å². The Morgan fingerprint density at radius 3 is 2.86 bits per heavy atom. The van der Waals surface area contributed by atoms with Crippen LogP contribution in [0.4, 0.5) is 5.69 Å². The Labute approximate surface area is 120 Å². The maximum atomic E-state index is 12.3. The first-order chi connectivity index (χ1) is 10.2. The minimum absolute atomic E-state index is 0.287. The molecule has 106 valence electrons. The molecule has 0 bridgehead atoms. The van der Waals surface area contributed by atoms with Crippen LogP contribution in [0.15, 0.2) is 35.1 Å². The highest BCUT2D eigenvalue weighted by atomic mass is 16.5. The highest BCUT2D eigenvalue weighted by Gasteiger charge is 2.19. The fourth-order valence-corrected chi connectivity index (χ4v) is 2.08. The summed E-state index contributed by atoms with van der Waals surface area (Å²) in [5.74, 6) is 0.192. The van der Waals surface area contributed by atoms with Gasteiger partial charge in [-0.25, -0.2) is 0 Å². The van der Waals surface area contributed by atoms with Crippen molar-refractivity contribution in [2.24, 2.45) is 0 Å². The number of nitrogens with one attached hydrogen (secondary N) is 2. The molecule has 0 saturated carbocycles. The van der Waals surface area contributed by atoms with Crippen molar-refractivity contribution in [1.82, 2.24) is 20.3 Å². The van der Waals surface area contributed by atoms with E-state index >= 15 is 0 Å². The van der Waals surface area contributed by atoms with Gasteiger partial charge in [0.05, 0.1) is 23.3 Å². The summed E-state index contributed by atoms with van der Waals surface area (Å²) < 4.78 is 5.00. The molecular weight excluding hydrogens is 270 g/mol. The van der Waals surface area contributed by atoms with Gasteiger partial charge in [0.15, 0.2) is 0 Å². The number of carbonyl (C=O) groups is 1. The molecule has 2 N–H and O–H groups in total. The monoisotopic (exact) mass is 283 g/mol. The number of pyridine rings is 1. The number of anilines is 1. The summed E-state index contributed by atoms with van der Waals surface area (Å²) in [6, 6.07) is 5.52. The third-order valence-electron chi connectivity index (χ3n) is 3.07. The first-order valence-corrected chi connectivity index (χ1v) is 6.36. The number of hydrogen-bond acceptors (Lipinski definition) is 5. The van der Waals surface area contributed by atoms with Crippen molar-refractivity contribution >= 4 is 11.6 Å². The average Bonchev–Trinajstić information content (AvgIpc) is 3.07. The zero-order chi connectivity index (χ0) is 14.8. The molecule has 7 heteroatoms. The van der Waals surface area contributed by atoms with E-state index in [1.165, 1.54) is 0 Å². The number of aryl methyl sites for hydroxylation is 2. The Hall–Kier alpha value is -2.96. The summed E-state index contributed by atoms with van der Waals surface area (Å²) in [6.45, 7) is 3.42. The van der Waals surface area contributed by atoms with Gasteiger partial charge in [-0.2, -0.15) is 5.10 Å². The van der Waals surface area contributed by atoms with Crippen molar-refractivity contribution in [3.05, 3.63) is 47.6 Å². The SMILES string of the molecule is Cc1noc(C)c1C(=O)Nc1cn[nH]c1-c1ccccn1. The maximum absolute atomic E-state index is 12.3. The molecule has 3 aromatic rings. The Bertz CT molecular complexity index is 756. The fraction of sp³-hybridized carbons (Fsp3) is 0.143. The van der Waals surface area contributed by atoms with Gasteiger partial charge in [0.1, 0.15) is 17.0 Å². The molecule has 0 aliphatic heterocycles. The molecule has 3 heterocycles. The van der Waals surface area contributed by atoms with Crippen molar-refractivity contribution in [3.63, 3.8) is 0 Å². The minimum Gasteiger partial charge on any atom is -0.361 e. The zero-order valence-electron chi connectivity index (χ0n) is 11.5. The van der Waals surface area contributed by atoms with Gasteiger partial charge in [-0.05, 0) is 26.0 Å². The molecule has 0 spiro atoms. The molecule has 0 unspecified atom stereocenters. The number of nitrogens with zero attached hydrogens (tertiary/aromatic N) is 3. The van der Waals surface area contributed by atoms with Crippen LogP contribution in [0.1, 0.15) is 21.8 Å². The number of rotatable bonds is 3. The third-order valence-corrected chi connectivity index (χ3v) is 3.07. The van der Waals surface area contributed by atoms with Gasteiger partial charge < -0.3 is 9.84 Å². The first-order valence-electron chi connectivity index (χ1n) is 6.36. The van der Waals surface area contributed by atoms with Gasteiger partial charge in [0.2, 0.25) is 0 Å². The van der Waals surface area contributed by atoms with E-state index in [1.54, 1.807) is 26.2 Å². The standard InChI is InChI=1S/C14H13N5O2/c1-8-12(9(2)21-19-8)14(20)17-11-7-16-18-13(11)10-5-3-4-6-15-10/h3-7H,1-2H3,(H,16,18)(H,17,20). The van der Waals surface area contributed by atoms with Gasteiger partial charge in [-0.15, -0.1) is 0 Å². The van der Waals surface area contributed by atoms with E-state index in [9.17, 15) is 4.79 Å². The number of aromatic amines is 1. The molecule has 0 aliphatic carbocycles. The minimum atomic E-state index is -0.287. The van der Waals surface area contributed by atoms with E-state index in [2.05, 4.69) is 25.7 Å². The van der Waals surface area contributed by atoms with Gasteiger partial charge in [0.25, 0.3) is 5.91 Å². The second-order valence-electron chi connectivity index (χ2n) is 4.53. The molecule has 21 heavy (non-hydrogen) atoms. The average molecular weight is 283 g/mol. The Morgan fingerprint density at radius 1 is 1.33 bits per heavy atom. The second-order valence-corrected chi connectivity index (χ2v) is 4.53. The van der Waals surface area contributed by atoms with E-state index in [1.807, 2.05) is 18.2 Å². The molecule has 0 aromatic carbocycles. The smallest absolute Gasteiger partial charge is 0.261 e. The number of carbonyl (C=O) groups excluding carboxylic acids is 1. The molecule has 1 amide bonds. The number of H-pyrrole nitrogens is 1. The highest BCUT2D eigenvalue weighted by molar-refractivity contribution is 6.07. The molecule has 0 radical (unpaired) electrons. The fourth-order valence-electron chi connectivity index (χ4n) is 2.08. The predicted molar refractivity (Wildman–Crippen MR) is 75.7 cm³/mol. The van der Waals surface area contributed by atoms with Gasteiger partial charge in [-0.3, -0.25) is 14.9 Å². The van der Waals surface area contributed by atoms with Gasteiger partial charge in [-0.1, -0.05) is 11.2 Å². The van der Waals surface area contributed by atoms with Crippen molar-refractivity contribution in [2.45, 2.75) is 13.8 Å². The van der Waals surface area contributed by atoms with Crippen molar-refractivity contribution in [1.29, 1.82) is 0 Å². The first kappa shape index (κ1) is 13.0. The number of aromatic nitrogens is 4. The van der Waals surface area contributed by atoms with Crippen LogP contribution in [0.2, 0.25) is 0 Å². The Morgan fingerprint density at radius 2 is 2.19 bits per heavy atom. The summed E-state index contributed by atoms with van der Waals surface area (Å²) in [7, 11) is 0. The van der Waals surface area contributed by atoms with E-state index in [0.29, 0.717) is 34.1 Å². The number of amides is 1. The lowest BCUT2D eigenvalue weighted by molar-refractivity contribution is 0.102. The summed E-state index contributed by atoms with van der Waals surface area (Å²) in [5.41, 5.74) is 2.88. The van der Waals surface area contributed by atoms with Crippen LogP contribution in [-0.2, 0) is 0 Å². The lowest BCUT2D eigenvalue weighted by Crippen LogP contribution is -2.13. The molecule has 0 saturated heterocycles. The van der Waals surface area contributed by atoms with Crippen LogP contribution in [0.5, 0.6) is 0 Å². The molecule has 7 nitrogen and oxygen atoms in total. The van der Waals surface area contributed by atoms with Crippen LogP contribution in [0, 0.1) is 13.8 Å². The quantitative estimate of drug-likeness (QED) is 0.769. The topological polar surface area (TPSA) is 96.7 Å². The molecule has 0 aliphatic rings. The van der Waals surface area contributed by atoms with Crippen LogP contribution in [0.25, 0.3) is 11.4 Å². The zero-order valence-corrected chi connectivity index (χ0v) is 11.5. The van der Waals surface area contributed by atoms with E-state index in [0.717, 1.165) is 0 Å². The molecule has 0 atom stereocenters.